The normalized spacial score (nSPS) is 17.8. The molecule has 0 saturated carbocycles. The van der Waals surface area contributed by atoms with Crippen molar-refractivity contribution in [1.29, 1.82) is 0 Å². The molecule has 1 N–H and O–H groups in total. The Hall–Kier alpha value is -1.44. The quantitative estimate of drug-likeness (QED) is 0.884. The number of nitrogens with zero attached hydrogens (tertiary/aromatic N) is 1. The smallest absolute Gasteiger partial charge is 0.329 e. The Kier molecular flexibility index (Phi) is 4.97. The average Bonchev–Trinajstić information content (AvgIpc) is 2.46. The van der Waals surface area contributed by atoms with Crippen LogP contribution >= 0.6 is 0 Å². The fourth-order valence-electron chi connectivity index (χ4n) is 2.29. The highest BCUT2D eigenvalue weighted by atomic mass is 32.2. The van der Waals surface area contributed by atoms with Gasteiger partial charge in [-0.1, -0.05) is 17.7 Å². The summed E-state index contributed by atoms with van der Waals surface area (Å²) in [6.07, 6.45) is 0.835. The zero-order valence-electron chi connectivity index (χ0n) is 11.9. The first kappa shape index (κ1) is 15.9. The second-order valence-corrected chi connectivity index (χ2v) is 7.06. The van der Waals surface area contributed by atoms with E-state index in [1.807, 2.05) is 6.92 Å². The summed E-state index contributed by atoms with van der Waals surface area (Å²) in [5.74, 6) is -1.01. The maximum absolute atomic E-state index is 12.5. The molecule has 0 aliphatic carbocycles. The van der Waals surface area contributed by atoms with Crippen LogP contribution in [0.4, 0.5) is 0 Å². The first-order valence-corrected chi connectivity index (χ1v) is 8.24. The van der Waals surface area contributed by atoms with Crippen LogP contribution in [0.1, 0.15) is 18.4 Å². The van der Waals surface area contributed by atoms with Crippen LogP contribution in [-0.2, 0) is 19.6 Å². The Morgan fingerprint density at radius 1 is 1.29 bits per heavy atom. The molecule has 0 atom stereocenters. The lowest BCUT2D eigenvalue weighted by Gasteiger charge is -2.30. The van der Waals surface area contributed by atoms with Gasteiger partial charge in [-0.25, -0.2) is 13.2 Å². The molecule has 6 nitrogen and oxygen atoms in total. The molecule has 2 rings (SSSR count). The van der Waals surface area contributed by atoms with E-state index in [-0.39, 0.29) is 17.6 Å². The first-order chi connectivity index (χ1) is 9.89. The van der Waals surface area contributed by atoms with E-state index in [4.69, 9.17) is 9.84 Å². The molecule has 116 valence electrons. The predicted octanol–water partition coefficient (Wildman–Crippen LogP) is 1.25. The van der Waals surface area contributed by atoms with Crippen LogP contribution in [0.25, 0.3) is 0 Å². The molecule has 1 saturated heterocycles. The topological polar surface area (TPSA) is 83.9 Å². The Bertz CT molecular complexity index is 588. The molecule has 1 aliphatic rings. The summed E-state index contributed by atoms with van der Waals surface area (Å²) >= 11 is 0. The van der Waals surface area contributed by atoms with Crippen molar-refractivity contribution in [3.8, 4) is 0 Å². The number of benzene rings is 1. The van der Waals surface area contributed by atoms with Crippen molar-refractivity contribution < 1.29 is 23.1 Å². The molecule has 1 fully saturated rings. The minimum Gasteiger partial charge on any atom is -0.480 e. The van der Waals surface area contributed by atoms with Crippen LogP contribution in [0, 0.1) is 6.92 Å². The number of aryl methyl sites for hydroxylation is 1. The summed E-state index contributed by atoms with van der Waals surface area (Å²) in [5.41, 5.74) is 1.01. The summed E-state index contributed by atoms with van der Waals surface area (Å²) in [4.78, 5) is 10.7. The van der Waals surface area contributed by atoms with E-state index in [9.17, 15) is 13.2 Å². The molecule has 1 aliphatic heterocycles. The lowest BCUT2D eigenvalue weighted by molar-refractivity contribution is -0.145. The minimum absolute atomic E-state index is 0.189. The third kappa shape index (κ3) is 4.03. The lowest BCUT2D eigenvalue weighted by atomic mass is 10.1. The fourth-order valence-corrected chi connectivity index (χ4v) is 3.76. The standard InChI is InChI=1S/C14H19NO5S/c1-11-2-4-13(5-3-11)21(18,19)15-8-6-12(7-9-15)20-10-14(16)17/h2-5,12H,6-10H2,1H3,(H,16,17). The molecule has 1 heterocycles. The monoisotopic (exact) mass is 313 g/mol. The van der Waals surface area contributed by atoms with Gasteiger partial charge in [0.1, 0.15) is 6.61 Å². The molecule has 0 amide bonds. The Morgan fingerprint density at radius 2 is 1.86 bits per heavy atom. The predicted molar refractivity (Wildman–Crippen MR) is 76.5 cm³/mol. The van der Waals surface area contributed by atoms with Gasteiger partial charge in [-0.3, -0.25) is 0 Å². The summed E-state index contributed by atoms with van der Waals surface area (Å²) in [6.45, 7) is 2.26. The molecule has 0 bridgehead atoms. The molecule has 21 heavy (non-hydrogen) atoms. The summed E-state index contributed by atoms with van der Waals surface area (Å²) < 4.78 is 31.6. The van der Waals surface area contributed by atoms with Crippen LogP contribution in [0.5, 0.6) is 0 Å². The largest absolute Gasteiger partial charge is 0.480 e. The van der Waals surface area contributed by atoms with Crippen LogP contribution in [-0.4, -0.2) is 49.6 Å². The number of rotatable bonds is 5. The van der Waals surface area contributed by atoms with Crippen molar-refractivity contribution in [3.63, 3.8) is 0 Å². The van der Waals surface area contributed by atoms with E-state index in [0.717, 1.165) is 5.56 Å². The van der Waals surface area contributed by atoms with E-state index >= 15 is 0 Å². The second-order valence-electron chi connectivity index (χ2n) is 5.12. The molecular weight excluding hydrogens is 294 g/mol. The highest BCUT2D eigenvalue weighted by Crippen LogP contribution is 2.22. The van der Waals surface area contributed by atoms with Gasteiger partial charge in [-0.2, -0.15) is 4.31 Å². The summed E-state index contributed by atoms with van der Waals surface area (Å²) in [5, 5.41) is 8.57. The minimum atomic E-state index is -3.47. The van der Waals surface area contributed by atoms with Crippen LogP contribution in [0.3, 0.4) is 0 Å². The molecule has 0 spiro atoms. The molecule has 7 heteroatoms. The van der Waals surface area contributed by atoms with Gasteiger partial charge in [0.2, 0.25) is 10.0 Å². The van der Waals surface area contributed by atoms with Crippen LogP contribution in [0.2, 0.25) is 0 Å². The van der Waals surface area contributed by atoms with Crippen LogP contribution < -0.4 is 0 Å². The lowest BCUT2D eigenvalue weighted by Crippen LogP contribution is -2.41. The maximum Gasteiger partial charge on any atom is 0.329 e. The average molecular weight is 313 g/mol. The van der Waals surface area contributed by atoms with Gasteiger partial charge in [0.05, 0.1) is 11.0 Å². The SMILES string of the molecule is Cc1ccc(S(=O)(=O)N2CCC(OCC(=O)O)CC2)cc1. The van der Waals surface area contributed by atoms with Crippen molar-refractivity contribution in [2.75, 3.05) is 19.7 Å². The fraction of sp³-hybridized carbons (Fsp3) is 0.500. The number of carboxylic acid groups (broad SMARTS) is 1. The van der Waals surface area contributed by atoms with E-state index in [1.165, 1.54) is 4.31 Å². The molecule has 1 aromatic carbocycles. The third-order valence-electron chi connectivity index (χ3n) is 3.50. The van der Waals surface area contributed by atoms with E-state index in [2.05, 4.69) is 0 Å². The van der Waals surface area contributed by atoms with Gasteiger partial charge in [0, 0.05) is 13.1 Å². The number of hydrogen-bond acceptors (Lipinski definition) is 4. The third-order valence-corrected chi connectivity index (χ3v) is 5.42. The zero-order valence-corrected chi connectivity index (χ0v) is 12.7. The zero-order chi connectivity index (χ0) is 15.5. The van der Waals surface area contributed by atoms with Gasteiger partial charge < -0.3 is 9.84 Å². The maximum atomic E-state index is 12.5. The van der Waals surface area contributed by atoms with Crippen LogP contribution in [0.15, 0.2) is 29.2 Å². The highest BCUT2D eigenvalue weighted by Gasteiger charge is 2.29. The number of hydrogen-bond donors (Lipinski definition) is 1. The number of aliphatic carboxylic acids is 1. The number of carbonyl (C=O) groups is 1. The highest BCUT2D eigenvalue weighted by molar-refractivity contribution is 7.89. The second kappa shape index (κ2) is 6.55. The van der Waals surface area contributed by atoms with Crippen molar-refractivity contribution >= 4 is 16.0 Å². The Morgan fingerprint density at radius 3 is 2.38 bits per heavy atom. The van der Waals surface area contributed by atoms with E-state index in [0.29, 0.717) is 25.9 Å². The first-order valence-electron chi connectivity index (χ1n) is 6.80. The van der Waals surface area contributed by atoms with Gasteiger partial charge in [0.25, 0.3) is 0 Å². The van der Waals surface area contributed by atoms with Crippen molar-refractivity contribution in [2.45, 2.75) is 30.8 Å². The van der Waals surface area contributed by atoms with Gasteiger partial charge in [-0.15, -0.1) is 0 Å². The van der Waals surface area contributed by atoms with E-state index in [1.54, 1.807) is 24.3 Å². The molecule has 0 radical (unpaired) electrons. The van der Waals surface area contributed by atoms with Crippen molar-refractivity contribution in [1.82, 2.24) is 4.31 Å². The van der Waals surface area contributed by atoms with Gasteiger partial charge in [0.15, 0.2) is 0 Å². The Balaban J connectivity index is 1.97. The molecule has 1 aromatic rings. The van der Waals surface area contributed by atoms with E-state index < -0.39 is 16.0 Å². The molecular formula is C14H19NO5S. The number of carboxylic acids is 1. The number of ether oxygens (including phenoxy) is 1. The Labute approximate surface area is 124 Å². The molecule has 0 unspecified atom stereocenters. The van der Waals surface area contributed by atoms with Gasteiger partial charge >= 0.3 is 5.97 Å². The molecule has 0 aromatic heterocycles. The van der Waals surface area contributed by atoms with Gasteiger partial charge in [-0.05, 0) is 31.9 Å². The van der Waals surface area contributed by atoms with Crippen molar-refractivity contribution in [2.24, 2.45) is 0 Å². The summed E-state index contributed by atoms with van der Waals surface area (Å²) in [7, 11) is -3.47. The number of sulfonamides is 1. The summed E-state index contributed by atoms with van der Waals surface area (Å²) in [6, 6.07) is 6.76. The van der Waals surface area contributed by atoms with Crippen molar-refractivity contribution in [3.05, 3.63) is 29.8 Å². The number of piperidine rings is 1.